The topological polar surface area (TPSA) is 56.1 Å². The molecule has 1 aliphatic rings. The van der Waals surface area contributed by atoms with Crippen LogP contribution in [-0.4, -0.2) is 30.6 Å². The van der Waals surface area contributed by atoms with E-state index in [0.29, 0.717) is 6.42 Å². The Labute approximate surface area is 78.5 Å². The highest BCUT2D eigenvalue weighted by atomic mass is 16.2. The smallest absolute Gasteiger partial charge is 0.317 e. The van der Waals surface area contributed by atoms with E-state index in [2.05, 4.69) is 11.4 Å². The molecule has 4 nitrogen and oxygen atoms in total. The van der Waals surface area contributed by atoms with Gasteiger partial charge in [-0.1, -0.05) is 0 Å². The Balaban J connectivity index is 2.12. The molecular weight excluding hydrogens is 166 g/mol. The van der Waals surface area contributed by atoms with Crippen LogP contribution in [0.2, 0.25) is 0 Å². The first-order valence-electron chi connectivity index (χ1n) is 4.74. The molecule has 0 aromatic rings. The van der Waals surface area contributed by atoms with Crippen LogP contribution in [0.15, 0.2) is 0 Å². The van der Waals surface area contributed by atoms with Crippen molar-refractivity contribution in [1.29, 1.82) is 5.26 Å². The van der Waals surface area contributed by atoms with Gasteiger partial charge in [0.2, 0.25) is 0 Å². The van der Waals surface area contributed by atoms with Crippen LogP contribution in [0.1, 0.15) is 25.7 Å². The third kappa shape index (κ3) is 3.32. The zero-order valence-electron chi connectivity index (χ0n) is 7.75. The van der Waals surface area contributed by atoms with Gasteiger partial charge in [0, 0.05) is 26.1 Å². The number of urea groups is 1. The van der Waals surface area contributed by atoms with Gasteiger partial charge in [-0.3, -0.25) is 0 Å². The summed E-state index contributed by atoms with van der Waals surface area (Å²) >= 11 is 0. The van der Waals surface area contributed by atoms with Crippen molar-refractivity contribution in [2.75, 3.05) is 19.6 Å². The minimum Gasteiger partial charge on any atom is -0.338 e. The van der Waals surface area contributed by atoms with Crippen molar-refractivity contribution in [2.45, 2.75) is 25.7 Å². The highest BCUT2D eigenvalue weighted by molar-refractivity contribution is 5.74. The summed E-state index contributed by atoms with van der Waals surface area (Å²) in [6.45, 7) is 2.44. The van der Waals surface area contributed by atoms with E-state index in [0.717, 1.165) is 38.9 Å². The van der Waals surface area contributed by atoms with E-state index in [1.165, 1.54) is 0 Å². The maximum absolute atomic E-state index is 11.2. The van der Waals surface area contributed by atoms with Crippen molar-refractivity contribution < 1.29 is 4.79 Å². The summed E-state index contributed by atoms with van der Waals surface area (Å²) < 4.78 is 0. The predicted octanol–water partition coefficient (Wildman–Crippen LogP) is 1.10. The van der Waals surface area contributed by atoms with E-state index >= 15 is 0 Å². The molecule has 0 atom stereocenters. The lowest BCUT2D eigenvalue weighted by Gasteiger charge is -2.27. The first kappa shape index (κ1) is 9.85. The number of hydrogen-bond donors (Lipinski definition) is 1. The molecule has 0 aromatic heterocycles. The number of carbonyl (C=O) groups excluding carboxylic acids is 1. The molecule has 0 aliphatic carbocycles. The van der Waals surface area contributed by atoms with Crippen LogP contribution in [-0.2, 0) is 0 Å². The van der Waals surface area contributed by atoms with Crippen LogP contribution in [0.5, 0.6) is 0 Å². The molecule has 1 saturated heterocycles. The van der Waals surface area contributed by atoms with Gasteiger partial charge in [-0.25, -0.2) is 4.79 Å². The van der Waals surface area contributed by atoms with E-state index in [1.807, 2.05) is 4.90 Å². The van der Waals surface area contributed by atoms with E-state index in [4.69, 9.17) is 5.26 Å². The van der Waals surface area contributed by atoms with Crippen LogP contribution < -0.4 is 5.32 Å². The number of nitriles is 1. The molecule has 4 heteroatoms. The number of nitrogens with one attached hydrogen (secondary N) is 1. The number of carbonyl (C=O) groups is 1. The van der Waals surface area contributed by atoms with Crippen molar-refractivity contribution >= 4 is 6.03 Å². The molecule has 0 bridgehead atoms. The summed E-state index contributed by atoms with van der Waals surface area (Å²) in [6, 6.07) is 2.14. The normalized spacial score (nSPS) is 16.5. The van der Waals surface area contributed by atoms with Crippen LogP contribution in [0.25, 0.3) is 0 Å². The predicted molar refractivity (Wildman–Crippen MR) is 49.1 cm³/mol. The standard InChI is InChI=1S/C9H15N3O/c10-5-2-1-3-7-12-8-4-6-11-9(12)13/h1-4,6-8H2,(H,11,13). The highest BCUT2D eigenvalue weighted by Crippen LogP contribution is 2.02. The van der Waals surface area contributed by atoms with Gasteiger partial charge in [-0.05, 0) is 19.3 Å². The van der Waals surface area contributed by atoms with Gasteiger partial charge in [0.15, 0.2) is 0 Å². The van der Waals surface area contributed by atoms with Gasteiger partial charge in [0.25, 0.3) is 0 Å². The molecule has 0 radical (unpaired) electrons. The minimum atomic E-state index is 0.0446. The van der Waals surface area contributed by atoms with Gasteiger partial charge in [-0.15, -0.1) is 0 Å². The SMILES string of the molecule is N#CCCCCN1CCCNC1=O. The van der Waals surface area contributed by atoms with E-state index in [-0.39, 0.29) is 6.03 Å². The second-order valence-electron chi connectivity index (χ2n) is 3.19. The van der Waals surface area contributed by atoms with Gasteiger partial charge in [-0.2, -0.15) is 5.26 Å². The molecule has 0 saturated carbocycles. The molecule has 1 aliphatic heterocycles. The van der Waals surface area contributed by atoms with Crippen molar-refractivity contribution in [3.8, 4) is 6.07 Å². The second kappa shape index (κ2) is 5.41. The van der Waals surface area contributed by atoms with Crippen molar-refractivity contribution in [3.63, 3.8) is 0 Å². The molecule has 0 unspecified atom stereocenters. The lowest BCUT2D eigenvalue weighted by atomic mass is 10.2. The van der Waals surface area contributed by atoms with E-state index in [1.54, 1.807) is 0 Å². The molecule has 72 valence electrons. The number of amides is 2. The van der Waals surface area contributed by atoms with Gasteiger partial charge < -0.3 is 10.2 Å². The minimum absolute atomic E-state index is 0.0446. The Morgan fingerprint density at radius 2 is 2.38 bits per heavy atom. The second-order valence-corrected chi connectivity index (χ2v) is 3.19. The third-order valence-electron chi connectivity index (χ3n) is 2.13. The quantitative estimate of drug-likeness (QED) is 0.660. The summed E-state index contributed by atoms with van der Waals surface area (Å²) in [7, 11) is 0. The van der Waals surface area contributed by atoms with Gasteiger partial charge >= 0.3 is 6.03 Å². The summed E-state index contributed by atoms with van der Waals surface area (Å²) in [6.07, 6.45) is 3.45. The average Bonchev–Trinajstić information content (AvgIpc) is 2.15. The van der Waals surface area contributed by atoms with Gasteiger partial charge in [0.05, 0.1) is 6.07 Å². The Hall–Kier alpha value is -1.24. The van der Waals surface area contributed by atoms with Crippen LogP contribution in [0.4, 0.5) is 4.79 Å². The van der Waals surface area contributed by atoms with Crippen molar-refractivity contribution in [2.24, 2.45) is 0 Å². The molecule has 1 rings (SSSR count). The molecule has 2 amide bonds. The Morgan fingerprint density at radius 3 is 3.08 bits per heavy atom. The highest BCUT2D eigenvalue weighted by Gasteiger charge is 2.15. The fourth-order valence-corrected chi connectivity index (χ4v) is 1.40. The lowest BCUT2D eigenvalue weighted by Crippen LogP contribution is -2.46. The number of nitrogens with zero attached hydrogens (tertiary/aromatic N) is 2. The molecular formula is C9H15N3O. The first-order chi connectivity index (χ1) is 6.34. The van der Waals surface area contributed by atoms with Crippen molar-refractivity contribution in [1.82, 2.24) is 10.2 Å². The van der Waals surface area contributed by atoms with Crippen LogP contribution in [0, 0.1) is 11.3 Å². The fourth-order valence-electron chi connectivity index (χ4n) is 1.40. The summed E-state index contributed by atoms with van der Waals surface area (Å²) in [4.78, 5) is 13.0. The summed E-state index contributed by atoms with van der Waals surface area (Å²) in [5, 5.41) is 11.1. The van der Waals surface area contributed by atoms with Crippen molar-refractivity contribution in [3.05, 3.63) is 0 Å². The molecule has 1 fully saturated rings. The number of hydrogen-bond acceptors (Lipinski definition) is 2. The Bertz CT molecular complexity index is 209. The van der Waals surface area contributed by atoms with E-state index < -0.39 is 0 Å². The number of unbranched alkanes of at least 4 members (excludes halogenated alkanes) is 2. The van der Waals surface area contributed by atoms with Crippen LogP contribution in [0.3, 0.4) is 0 Å². The van der Waals surface area contributed by atoms with Gasteiger partial charge in [0.1, 0.15) is 0 Å². The maximum Gasteiger partial charge on any atom is 0.317 e. The molecule has 13 heavy (non-hydrogen) atoms. The molecule has 0 spiro atoms. The zero-order valence-corrected chi connectivity index (χ0v) is 7.75. The Kier molecular flexibility index (Phi) is 4.10. The summed E-state index contributed by atoms with van der Waals surface area (Å²) in [5.41, 5.74) is 0. The zero-order chi connectivity index (χ0) is 9.52. The average molecular weight is 181 g/mol. The molecule has 0 aromatic carbocycles. The monoisotopic (exact) mass is 181 g/mol. The maximum atomic E-state index is 11.2. The molecule has 1 heterocycles. The summed E-state index contributed by atoms with van der Waals surface area (Å²) in [5.74, 6) is 0. The van der Waals surface area contributed by atoms with Crippen LogP contribution >= 0.6 is 0 Å². The lowest BCUT2D eigenvalue weighted by molar-refractivity contribution is 0.185. The first-order valence-corrected chi connectivity index (χ1v) is 4.74. The Morgan fingerprint density at radius 1 is 1.54 bits per heavy atom. The fraction of sp³-hybridized carbons (Fsp3) is 0.778. The van der Waals surface area contributed by atoms with E-state index in [9.17, 15) is 4.79 Å². The number of rotatable bonds is 4. The largest absolute Gasteiger partial charge is 0.338 e. The molecule has 1 N–H and O–H groups in total. The third-order valence-corrected chi connectivity index (χ3v) is 2.13.